The molecule has 2 atom stereocenters. The lowest BCUT2D eigenvalue weighted by atomic mass is 10.2. The normalized spacial score (nSPS) is 18.2. The van der Waals surface area contributed by atoms with E-state index in [1.807, 2.05) is 0 Å². The zero-order chi connectivity index (χ0) is 19.8. The van der Waals surface area contributed by atoms with Gasteiger partial charge in [-0.05, 0) is 24.1 Å². The molecular formula is C16H19N3O7S. The first-order valence-corrected chi connectivity index (χ1v) is 8.95. The maximum Gasteiger partial charge on any atom is 0.407 e. The standard InChI is InChI=1S/C16H19N3O7S/c1-25-13-14(21)18-15(13)27-12(20)3-2-8-17-16(22)26-9-10-4-6-11(7-5-10)19(23)24/h4-7,13,15H,2-3,8-9H2,1H3,(H,17,22)(H,18,21)/t13-,15-/m1/s1. The molecule has 27 heavy (non-hydrogen) atoms. The molecule has 0 unspecified atom stereocenters. The van der Waals surface area contributed by atoms with Gasteiger partial charge in [0.15, 0.2) is 11.2 Å². The SMILES string of the molecule is CO[C@@H]1C(=O)N[C@@H]1SC(=O)CCCNC(=O)OCc1ccc([N+](=O)[O-])cc1. The van der Waals surface area contributed by atoms with Crippen molar-refractivity contribution >= 4 is 34.6 Å². The molecule has 0 aliphatic carbocycles. The molecule has 1 aliphatic heterocycles. The summed E-state index contributed by atoms with van der Waals surface area (Å²) < 4.78 is 9.95. The Morgan fingerprint density at radius 2 is 2.04 bits per heavy atom. The highest BCUT2D eigenvalue weighted by atomic mass is 32.2. The zero-order valence-electron chi connectivity index (χ0n) is 14.5. The number of non-ortho nitro benzene ring substituents is 1. The number of benzene rings is 1. The van der Waals surface area contributed by atoms with E-state index in [0.29, 0.717) is 12.0 Å². The van der Waals surface area contributed by atoms with Gasteiger partial charge in [-0.25, -0.2) is 4.79 Å². The summed E-state index contributed by atoms with van der Waals surface area (Å²) in [7, 11) is 1.41. The largest absolute Gasteiger partial charge is 0.445 e. The van der Waals surface area contributed by atoms with Crippen LogP contribution in [0.25, 0.3) is 0 Å². The summed E-state index contributed by atoms with van der Waals surface area (Å²) >= 11 is 1.00. The lowest BCUT2D eigenvalue weighted by molar-refractivity contribution is -0.384. The van der Waals surface area contributed by atoms with Gasteiger partial charge >= 0.3 is 6.09 Å². The number of nitro groups is 1. The number of alkyl carbamates (subject to hydrolysis) is 1. The minimum atomic E-state index is -0.640. The molecule has 1 aliphatic rings. The molecule has 1 fully saturated rings. The highest BCUT2D eigenvalue weighted by Gasteiger charge is 2.41. The van der Waals surface area contributed by atoms with Crippen molar-refractivity contribution in [1.82, 2.24) is 10.6 Å². The number of hydrogen-bond acceptors (Lipinski definition) is 8. The number of nitro benzene ring substituents is 1. The highest BCUT2D eigenvalue weighted by Crippen LogP contribution is 2.24. The van der Waals surface area contributed by atoms with Crippen LogP contribution in [-0.4, -0.2) is 47.2 Å². The molecule has 0 radical (unpaired) electrons. The number of hydrogen-bond donors (Lipinski definition) is 2. The predicted octanol–water partition coefficient (Wildman–Crippen LogP) is 1.33. The van der Waals surface area contributed by atoms with E-state index in [2.05, 4.69) is 10.6 Å². The first kappa shape index (κ1) is 20.6. The predicted molar refractivity (Wildman–Crippen MR) is 95.8 cm³/mol. The smallest absolute Gasteiger partial charge is 0.407 e. The molecule has 2 rings (SSSR count). The van der Waals surface area contributed by atoms with Crippen LogP contribution >= 0.6 is 11.8 Å². The number of amides is 2. The van der Waals surface area contributed by atoms with Gasteiger partial charge in [0, 0.05) is 32.2 Å². The number of nitrogens with zero attached hydrogens (tertiary/aromatic N) is 1. The average Bonchev–Trinajstić information content (AvgIpc) is 2.63. The van der Waals surface area contributed by atoms with Crippen LogP contribution in [0.3, 0.4) is 0 Å². The maximum atomic E-state index is 11.8. The van der Waals surface area contributed by atoms with E-state index < -0.39 is 17.1 Å². The number of nitrogens with one attached hydrogen (secondary N) is 2. The van der Waals surface area contributed by atoms with E-state index in [1.165, 1.54) is 31.4 Å². The summed E-state index contributed by atoms with van der Waals surface area (Å²) in [4.78, 5) is 44.6. The Morgan fingerprint density at radius 3 is 2.63 bits per heavy atom. The Bertz CT molecular complexity index is 710. The third-order valence-corrected chi connectivity index (χ3v) is 4.76. The summed E-state index contributed by atoms with van der Waals surface area (Å²) in [5.41, 5.74) is 0.585. The van der Waals surface area contributed by atoms with Crippen molar-refractivity contribution in [2.45, 2.75) is 30.9 Å². The van der Waals surface area contributed by atoms with E-state index in [4.69, 9.17) is 9.47 Å². The number of thioether (sulfide) groups is 1. The van der Waals surface area contributed by atoms with Crippen LogP contribution in [0, 0.1) is 10.1 Å². The number of ether oxygens (including phenoxy) is 2. The first-order chi connectivity index (χ1) is 12.9. The van der Waals surface area contributed by atoms with Crippen LogP contribution in [-0.2, 0) is 25.7 Å². The summed E-state index contributed by atoms with van der Waals surface area (Å²) in [5.74, 6) is -0.236. The van der Waals surface area contributed by atoms with Gasteiger partial charge in [-0.3, -0.25) is 19.7 Å². The van der Waals surface area contributed by atoms with Crippen molar-refractivity contribution in [3.05, 3.63) is 39.9 Å². The monoisotopic (exact) mass is 397 g/mol. The Labute approximate surface area is 159 Å². The van der Waals surface area contributed by atoms with Gasteiger partial charge in [0.05, 0.1) is 4.92 Å². The second kappa shape index (κ2) is 9.88. The molecule has 1 aromatic carbocycles. The molecule has 0 aromatic heterocycles. The van der Waals surface area contributed by atoms with Crippen molar-refractivity contribution < 1.29 is 28.8 Å². The fourth-order valence-electron chi connectivity index (χ4n) is 2.20. The molecule has 0 saturated carbocycles. The lowest BCUT2D eigenvalue weighted by Crippen LogP contribution is -2.61. The molecule has 10 nitrogen and oxygen atoms in total. The van der Waals surface area contributed by atoms with Gasteiger partial charge in [0.1, 0.15) is 12.0 Å². The van der Waals surface area contributed by atoms with E-state index in [-0.39, 0.29) is 41.7 Å². The third-order valence-electron chi connectivity index (χ3n) is 3.67. The number of methoxy groups -OCH3 is 1. The summed E-state index contributed by atoms with van der Waals surface area (Å²) in [6.07, 6.45) is -0.585. The number of carbonyl (C=O) groups excluding carboxylic acids is 3. The zero-order valence-corrected chi connectivity index (χ0v) is 15.3. The van der Waals surface area contributed by atoms with Crippen LogP contribution < -0.4 is 10.6 Å². The second-order valence-electron chi connectivity index (χ2n) is 5.61. The lowest BCUT2D eigenvalue weighted by Gasteiger charge is -2.34. The number of β-lactam (4-membered cyclic amide) rings is 1. The van der Waals surface area contributed by atoms with E-state index in [0.717, 1.165) is 11.8 Å². The molecule has 11 heteroatoms. The van der Waals surface area contributed by atoms with Crippen LogP contribution in [0.2, 0.25) is 0 Å². The van der Waals surface area contributed by atoms with Gasteiger partial charge in [-0.15, -0.1) is 0 Å². The van der Waals surface area contributed by atoms with E-state index in [9.17, 15) is 24.5 Å². The van der Waals surface area contributed by atoms with Crippen molar-refractivity contribution in [3.63, 3.8) is 0 Å². The third kappa shape index (κ3) is 6.22. The molecule has 2 amide bonds. The topological polar surface area (TPSA) is 137 Å². The van der Waals surface area contributed by atoms with Crippen molar-refractivity contribution in [2.24, 2.45) is 0 Å². The summed E-state index contributed by atoms with van der Waals surface area (Å²) in [6, 6.07) is 5.68. The highest BCUT2D eigenvalue weighted by molar-refractivity contribution is 8.14. The van der Waals surface area contributed by atoms with Crippen molar-refractivity contribution in [3.8, 4) is 0 Å². The van der Waals surface area contributed by atoms with Gasteiger partial charge in [0.25, 0.3) is 11.6 Å². The molecule has 1 aromatic rings. The molecular weight excluding hydrogens is 378 g/mol. The summed E-state index contributed by atoms with van der Waals surface area (Å²) in [6.45, 7) is 0.245. The van der Waals surface area contributed by atoms with Crippen molar-refractivity contribution in [2.75, 3.05) is 13.7 Å². The minimum absolute atomic E-state index is 0.0155. The molecule has 146 valence electrons. The van der Waals surface area contributed by atoms with Gasteiger partial charge < -0.3 is 20.1 Å². The number of rotatable bonds is 9. The van der Waals surface area contributed by atoms with Crippen molar-refractivity contribution in [1.29, 1.82) is 0 Å². The van der Waals surface area contributed by atoms with Gasteiger partial charge in [-0.1, -0.05) is 11.8 Å². The minimum Gasteiger partial charge on any atom is -0.445 e. The second-order valence-corrected chi connectivity index (χ2v) is 6.80. The maximum absolute atomic E-state index is 11.8. The Morgan fingerprint density at radius 1 is 1.33 bits per heavy atom. The van der Waals surface area contributed by atoms with Gasteiger partial charge in [-0.2, -0.15) is 0 Å². The summed E-state index contributed by atoms with van der Waals surface area (Å²) in [5, 5.41) is 15.2. The molecule has 0 spiro atoms. The Kier molecular flexibility index (Phi) is 7.55. The van der Waals surface area contributed by atoms with E-state index >= 15 is 0 Å². The number of carbonyl (C=O) groups is 3. The fourth-order valence-corrected chi connectivity index (χ4v) is 3.28. The molecule has 1 heterocycles. The molecule has 1 saturated heterocycles. The quantitative estimate of drug-likeness (QED) is 0.276. The van der Waals surface area contributed by atoms with Crippen LogP contribution in [0.15, 0.2) is 24.3 Å². The molecule has 0 bridgehead atoms. The Hall–Kier alpha value is -2.66. The average molecular weight is 397 g/mol. The van der Waals surface area contributed by atoms with E-state index in [1.54, 1.807) is 0 Å². The van der Waals surface area contributed by atoms with Crippen LogP contribution in [0.1, 0.15) is 18.4 Å². The fraction of sp³-hybridized carbons (Fsp3) is 0.438. The van der Waals surface area contributed by atoms with Crippen LogP contribution in [0.4, 0.5) is 10.5 Å². The first-order valence-electron chi connectivity index (χ1n) is 8.07. The Balaban J connectivity index is 1.57. The molecule has 2 N–H and O–H groups in total. The van der Waals surface area contributed by atoms with Gasteiger partial charge in [0.2, 0.25) is 0 Å². The van der Waals surface area contributed by atoms with Crippen LogP contribution in [0.5, 0.6) is 0 Å².